The van der Waals surface area contributed by atoms with E-state index in [2.05, 4.69) is 0 Å². The first-order valence-electron chi connectivity index (χ1n) is 4.09. The van der Waals surface area contributed by atoms with Crippen LogP contribution in [0.2, 0.25) is 0 Å². The summed E-state index contributed by atoms with van der Waals surface area (Å²) in [6.07, 6.45) is 2.80. The summed E-state index contributed by atoms with van der Waals surface area (Å²) in [5.74, 6) is -0.146. The number of rotatable bonds is 3. The molecular weight excluding hydrogens is 158 g/mol. The van der Waals surface area contributed by atoms with E-state index in [4.69, 9.17) is 15.6 Å². The minimum absolute atomic E-state index is 0.0517. The highest BCUT2D eigenvalue weighted by molar-refractivity contribution is 5.78. The average molecular weight is 172 g/mol. The lowest BCUT2D eigenvalue weighted by atomic mass is 9.92. The maximum Gasteiger partial charge on any atom is 0.246 e. The number of amides is 1. The topological polar surface area (TPSA) is 72.6 Å². The van der Waals surface area contributed by atoms with E-state index < -0.39 is 12.0 Å². The van der Waals surface area contributed by atoms with Gasteiger partial charge in [-0.15, -0.1) is 0 Å². The van der Waals surface area contributed by atoms with Crippen LogP contribution in [0.25, 0.3) is 0 Å². The highest BCUT2D eigenvalue weighted by Crippen LogP contribution is 2.21. The average Bonchev–Trinajstić information content (AvgIpc) is 2.05. The molecule has 0 aromatic carbocycles. The predicted octanol–water partition coefficient (Wildman–Crippen LogP) is -0.537. The Morgan fingerprint density at radius 3 is 3.08 bits per heavy atom. The van der Waals surface area contributed by atoms with Crippen LogP contribution in [0.5, 0.6) is 0 Å². The van der Waals surface area contributed by atoms with Gasteiger partial charge in [0.1, 0.15) is 6.10 Å². The molecule has 1 aliphatic heterocycles. The van der Waals surface area contributed by atoms with Gasteiger partial charge in [0.15, 0.2) is 0 Å². The van der Waals surface area contributed by atoms with Crippen molar-refractivity contribution in [3.05, 3.63) is 6.42 Å². The second-order valence-electron chi connectivity index (χ2n) is 2.96. The van der Waals surface area contributed by atoms with Crippen LogP contribution in [0.3, 0.4) is 0 Å². The van der Waals surface area contributed by atoms with Crippen LogP contribution < -0.4 is 5.73 Å². The Morgan fingerprint density at radius 2 is 2.50 bits per heavy atom. The van der Waals surface area contributed by atoms with Crippen LogP contribution in [0, 0.1) is 12.3 Å². The van der Waals surface area contributed by atoms with Crippen molar-refractivity contribution in [3.63, 3.8) is 0 Å². The van der Waals surface area contributed by atoms with Crippen molar-refractivity contribution in [1.29, 1.82) is 0 Å². The Kier molecular flexibility index (Phi) is 3.49. The molecule has 4 nitrogen and oxygen atoms in total. The van der Waals surface area contributed by atoms with Crippen molar-refractivity contribution in [2.45, 2.75) is 18.9 Å². The Hall–Kier alpha value is -0.610. The lowest BCUT2D eigenvalue weighted by Crippen LogP contribution is -2.37. The van der Waals surface area contributed by atoms with Gasteiger partial charge in [-0.3, -0.25) is 4.79 Å². The quantitative estimate of drug-likeness (QED) is 0.600. The molecule has 12 heavy (non-hydrogen) atoms. The van der Waals surface area contributed by atoms with Gasteiger partial charge in [0.2, 0.25) is 5.91 Å². The monoisotopic (exact) mass is 172 g/mol. The summed E-state index contributed by atoms with van der Waals surface area (Å²) in [6, 6.07) is 0. The largest absolute Gasteiger partial charge is 0.396 e. The number of carbonyl (C=O) groups is 1. The fourth-order valence-corrected chi connectivity index (χ4v) is 1.38. The Morgan fingerprint density at radius 1 is 1.75 bits per heavy atom. The molecule has 1 rings (SSSR count). The first-order valence-corrected chi connectivity index (χ1v) is 4.09. The molecule has 0 bridgehead atoms. The minimum atomic E-state index is -0.466. The Labute approximate surface area is 71.7 Å². The van der Waals surface area contributed by atoms with E-state index >= 15 is 0 Å². The summed E-state index contributed by atoms with van der Waals surface area (Å²) in [6.45, 7) is 0.602. The van der Waals surface area contributed by atoms with Gasteiger partial charge in [-0.05, 0) is 25.2 Å². The molecule has 2 atom stereocenters. The third kappa shape index (κ3) is 2.46. The maximum atomic E-state index is 10.7. The third-order valence-electron chi connectivity index (χ3n) is 2.08. The molecule has 1 saturated heterocycles. The summed E-state index contributed by atoms with van der Waals surface area (Å²) < 4.78 is 5.14. The van der Waals surface area contributed by atoms with E-state index in [9.17, 15) is 4.79 Å². The molecule has 0 spiro atoms. The molecule has 69 valence electrons. The predicted molar refractivity (Wildman–Crippen MR) is 43.0 cm³/mol. The van der Waals surface area contributed by atoms with Crippen molar-refractivity contribution in [1.82, 2.24) is 0 Å². The molecule has 0 saturated carbocycles. The summed E-state index contributed by atoms with van der Waals surface area (Å²) >= 11 is 0. The maximum absolute atomic E-state index is 10.7. The van der Waals surface area contributed by atoms with Gasteiger partial charge in [0.25, 0.3) is 0 Å². The van der Waals surface area contributed by atoms with E-state index in [-0.39, 0.29) is 12.5 Å². The molecule has 3 N–H and O–H groups in total. The van der Waals surface area contributed by atoms with Crippen molar-refractivity contribution in [2.75, 3.05) is 13.2 Å². The van der Waals surface area contributed by atoms with E-state index in [1.165, 1.54) is 0 Å². The molecule has 1 heterocycles. The molecule has 0 aromatic heterocycles. The molecule has 1 radical (unpaired) electrons. The van der Waals surface area contributed by atoms with Crippen molar-refractivity contribution in [2.24, 2.45) is 11.7 Å². The fraction of sp³-hybridized carbons (Fsp3) is 0.750. The first-order chi connectivity index (χ1) is 5.74. The summed E-state index contributed by atoms with van der Waals surface area (Å²) in [7, 11) is 0. The Bertz CT molecular complexity index is 158. The molecule has 4 heteroatoms. The smallest absolute Gasteiger partial charge is 0.246 e. The van der Waals surface area contributed by atoms with Crippen LogP contribution >= 0.6 is 0 Å². The second kappa shape index (κ2) is 4.42. The van der Waals surface area contributed by atoms with Gasteiger partial charge < -0.3 is 15.6 Å². The zero-order valence-electron chi connectivity index (χ0n) is 6.90. The van der Waals surface area contributed by atoms with Crippen molar-refractivity contribution >= 4 is 5.91 Å². The van der Waals surface area contributed by atoms with Gasteiger partial charge >= 0.3 is 0 Å². The number of hydrogen-bond acceptors (Lipinski definition) is 3. The van der Waals surface area contributed by atoms with Crippen LogP contribution in [-0.4, -0.2) is 30.3 Å². The zero-order chi connectivity index (χ0) is 8.97. The van der Waals surface area contributed by atoms with E-state index in [0.717, 1.165) is 6.42 Å². The number of ether oxygens (including phenoxy) is 1. The van der Waals surface area contributed by atoms with Crippen molar-refractivity contribution in [3.8, 4) is 0 Å². The van der Waals surface area contributed by atoms with Crippen LogP contribution in [0.1, 0.15) is 12.8 Å². The summed E-state index contributed by atoms with van der Waals surface area (Å²) in [4.78, 5) is 10.7. The summed E-state index contributed by atoms with van der Waals surface area (Å²) in [5, 5.41) is 8.63. The van der Waals surface area contributed by atoms with Gasteiger partial charge in [-0.25, -0.2) is 0 Å². The fourth-order valence-electron chi connectivity index (χ4n) is 1.38. The van der Waals surface area contributed by atoms with Gasteiger partial charge in [0.05, 0.1) is 0 Å². The summed E-state index contributed by atoms with van der Waals surface area (Å²) in [5.41, 5.74) is 5.09. The molecule has 0 aliphatic carbocycles. The minimum Gasteiger partial charge on any atom is -0.396 e. The molecule has 0 aromatic rings. The highest BCUT2D eigenvalue weighted by atomic mass is 16.5. The van der Waals surface area contributed by atoms with Gasteiger partial charge in [0, 0.05) is 13.2 Å². The molecule has 1 fully saturated rings. The molecular formula is C8H14NO3. The second-order valence-corrected chi connectivity index (χ2v) is 2.96. The van der Waals surface area contributed by atoms with E-state index in [1.807, 2.05) is 0 Å². The lowest BCUT2D eigenvalue weighted by Gasteiger charge is -2.26. The highest BCUT2D eigenvalue weighted by Gasteiger charge is 2.25. The number of hydrogen-bond donors (Lipinski definition) is 2. The Balaban J connectivity index is 2.35. The van der Waals surface area contributed by atoms with Gasteiger partial charge in [-0.2, -0.15) is 0 Å². The molecule has 1 unspecified atom stereocenters. The molecule has 1 aliphatic rings. The number of primary amides is 1. The normalized spacial score (nSPS) is 30.1. The number of nitrogens with two attached hydrogens (primary N) is 1. The lowest BCUT2D eigenvalue weighted by molar-refractivity contribution is -0.133. The third-order valence-corrected chi connectivity index (χ3v) is 2.08. The van der Waals surface area contributed by atoms with Crippen LogP contribution in [-0.2, 0) is 9.53 Å². The van der Waals surface area contributed by atoms with E-state index in [0.29, 0.717) is 13.0 Å². The van der Waals surface area contributed by atoms with E-state index in [1.54, 1.807) is 6.42 Å². The SMILES string of the molecule is NC(=O)[C@H]1CC([CH]CO)CCO1. The van der Waals surface area contributed by atoms with Crippen molar-refractivity contribution < 1.29 is 14.6 Å². The number of carbonyl (C=O) groups excluding carboxylic acids is 1. The number of aliphatic hydroxyl groups is 1. The zero-order valence-corrected chi connectivity index (χ0v) is 6.90. The standard InChI is InChI=1S/C8H14NO3/c9-8(11)7-5-6(1-3-10)2-4-12-7/h1,6-7,10H,2-5H2,(H2,9,11)/t6?,7-/m1/s1. The number of aliphatic hydroxyl groups excluding tert-OH is 1. The first kappa shape index (κ1) is 9.48. The van der Waals surface area contributed by atoms with Gasteiger partial charge in [-0.1, -0.05) is 0 Å². The molecule has 1 amide bonds. The van der Waals surface area contributed by atoms with Crippen LogP contribution in [0.15, 0.2) is 0 Å². The van der Waals surface area contributed by atoms with Crippen LogP contribution in [0.4, 0.5) is 0 Å².